The van der Waals surface area contributed by atoms with E-state index in [0.717, 1.165) is 31.4 Å². The maximum atomic E-state index is 13.1. The van der Waals surface area contributed by atoms with Crippen molar-refractivity contribution in [3.05, 3.63) is 0 Å². The number of rotatable bonds is 11. The molecule has 2 atom stereocenters. The van der Waals surface area contributed by atoms with Crippen LogP contribution in [0.25, 0.3) is 0 Å². The molecule has 0 aromatic rings. The summed E-state index contributed by atoms with van der Waals surface area (Å²) in [6.07, 6.45) is 10.5. The topological polar surface area (TPSA) is 38.8 Å². The van der Waals surface area contributed by atoms with Crippen LogP contribution in [0.15, 0.2) is 0 Å². The number of hydrogen-bond donors (Lipinski definition) is 0. The largest absolute Gasteiger partial charge is 0.389 e. The fourth-order valence-electron chi connectivity index (χ4n) is 3.71. The summed E-state index contributed by atoms with van der Waals surface area (Å²) >= 11 is 1.47. The highest BCUT2D eigenvalue weighted by Crippen LogP contribution is 2.61. The minimum atomic E-state index is -2.99. The van der Waals surface area contributed by atoms with E-state index < -0.39 is 6.80 Å². The molecule has 0 amide bonds. The molecule has 142 valence electrons. The van der Waals surface area contributed by atoms with E-state index in [1.165, 1.54) is 56.6 Å². The quantitative estimate of drug-likeness (QED) is 0.340. The van der Waals surface area contributed by atoms with E-state index in [9.17, 15) is 4.57 Å². The molecule has 2 aliphatic heterocycles. The van der Waals surface area contributed by atoms with Crippen LogP contribution in [0.5, 0.6) is 0 Å². The number of unbranched alkanes of at least 4 members (excludes halogenated alkanes) is 2. The van der Waals surface area contributed by atoms with Gasteiger partial charge in [0.05, 0.1) is 13.2 Å². The standard InChI is InChI=1S/C18H36NO3PS/c1-3-5-14-21-23(20,22-15-6-4-2)24-16-17-10-9-13-19-12-8-7-11-18(17)19/h17-18H,3-16H2,1-2H3/t17-,18?/m1/s1. The molecule has 1 unspecified atom stereocenters. The van der Waals surface area contributed by atoms with Crippen LogP contribution in [0.1, 0.15) is 71.6 Å². The van der Waals surface area contributed by atoms with Gasteiger partial charge in [-0.3, -0.25) is 0 Å². The Morgan fingerprint density at radius 3 is 2.33 bits per heavy atom. The third kappa shape index (κ3) is 6.64. The van der Waals surface area contributed by atoms with E-state index in [0.29, 0.717) is 25.2 Å². The third-order valence-corrected chi connectivity index (χ3v) is 9.09. The lowest BCUT2D eigenvalue weighted by atomic mass is 9.85. The van der Waals surface area contributed by atoms with Crippen LogP contribution in [0.3, 0.4) is 0 Å². The van der Waals surface area contributed by atoms with Crippen LogP contribution in [0.2, 0.25) is 0 Å². The van der Waals surface area contributed by atoms with Crippen LogP contribution in [0, 0.1) is 5.92 Å². The van der Waals surface area contributed by atoms with E-state index in [1.807, 2.05) is 0 Å². The Morgan fingerprint density at radius 1 is 1.00 bits per heavy atom. The number of fused-ring (bicyclic) bond motifs is 1. The Morgan fingerprint density at radius 2 is 1.67 bits per heavy atom. The van der Waals surface area contributed by atoms with Crippen LogP contribution in [0.4, 0.5) is 0 Å². The third-order valence-electron chi connectivity index (χ3n) is 5.17. The first-order chi connectivity index (χ1) is 11.7. The molecule has 2 heterocycles. The molecule has 2 aliphatic rings. The normalized spacial score (nSPS) is 25.6. The summed E-state index contributed by atoms with van der Waals surface area (Å²) in [7, 11) is 0. The van der Waals surface area contributed by atoms with Gasteiger partial charge in [0.1, 0.15) is 0 Å². The molecule has 0 bridgehead atoms. The molecule has 0 radical (unpaired) electrons. The maximum absolute atomic E-state index is 13.1. The second kappa shape index (κ2) is 11.2. The highest BCUT2D eigenvalue weighted by Gasteiger charge is 2.35. The second-order valence-electron chi connectivity index (χ2n) is 7.12. The summed E-state index contributed by atoms with van der Waals surface area (Å²) < 4.78 is 24.5. The van der Waals surface area contributed by atoms with Crippen molar-refractivity contribution in [3.63, 3.8) is 0 Å². The van der Waals surface area contributed by atoms with Gasteiger partial charge in [0, 0.05) is 11.8 Å². The van der Waals surface area contributed by atoms with Gasteiger partial charge in [-0.2, -0.15) is 0 Å². The first kappa shape index (κ1) is 20.8. The molecule has 24 heavy (non-hydrogen) atoms. The predicted octanol–water partition coefficient (Wildman–Crippen LogP) is 5.73. The molecule has 0 spiro atoms. The SMILES string of the molecule is CCCCOP(=O)(OCCCC)SC[C@H]1CCCN2CCCCC12. The van der Waals surface area contributed by atoms with Crippen molar-refractivity contribution in [2.75, 3.05) is 32.1 Å². The first-order valence-electron chi connectivity index (χ1n) is 9.96. The zero-order chi connectivity index (χ0) is 17.3. The lowest BCUT2D eigenvalue weighted by Gasteiger charge is -2.44. The van der Waals surface area contributed by atoms with E-state index in [-0.39, 0.29) is 0 Å². The Balaban J connectivity index is 1.86. The molecular formula is C18H36NO3PS. The van der Waals surface area contributed by atoms with Gasteiger partial charge in [-0.05, 0) is 68.9 Å². The number of hydrogen-bond acceptors (Lipinski definition) is 5. The summed E-state index contributed by atoms with van der Waals surface area (Å²) in [5.41, 5.74) is 0. The maximum Gasteiger partial charge on any atom is 0.389 e. The molecule has 0 aromatic carbocycles. The van der Waals surface area contributed by atoms with Crippen LogP contribution < -0.4 is 0 Å². The number of piperidine rings is 2. The van der Waals surface area contributed by atoms with Gasteiger partial charge >= 0.3 is 6.80 Å². The second-order valence-corrected chi connectivity index (χ2v) is 11.2. The van der Waals surface area contributed by atoms with Crippen molar-refractivity contribution >= 4 is 18.2 Å². The molecule has 2 fully saturated rings. The monoisotopic (exact) mass is 377 g/mol. The Kier molecular flexibility index (Phi) is 9.72. The smallest absolute Gasteiger partial charge is 0.301 e. The van der Waals surface area contributed by atoms with Crippen LogP contribution in [-0.4, -0.2) is 43.0 Å². The Bertz CT molecular complexity index is 380. The minimum absolute atomic E-state index is 0.549. The molecule has 0 aliphatic carbocycles. The van der Waals surface area contributed by atoms with Gasteiger partial charge in [-0.15, -0.1) is 0 Å². The molecule has 0 aromatic heterocycles. The Labute approximate surface area is 152 Å². The lowest BCUT2D eigenvalue weighted by Crippen LogP contribution is -2.48. The highest BCUT2D eigenvalue weighted by molar-refractivity contribution is 8.55. The average Bonchev–Trinajstić information content (AvgIpc) is 2.60. The molecule has 2 rings (SSSR count). The van der Waals surface area contributed by atoms with E-state index >= 15 is 0 Å². The summed E-state index contributed by atoms with van der Waals surface area (Å²) in [6.45, 7) is 4.86. The summed E-state index contributed by atoms with van der Waals surface area (Å²) in [5.74, 6) is 1.55. The average molecular weight is 378 g/mol. The van der Waals surface area contributed by atoms with Crippen molar-refractivity contribution in [2.45, 2.75) is 77.7 Å². The zero-order valence-electron chi connectivity index (χ0n) is 15.6. The van der Waals surface area contributed by atoms with Crippen molar-refractivity contribution in [3.8, 4) is 0 Å². The van der Waals surface area contributed by atoms with E-state index in [2.05, 4.69) is 18.7 Å². The van der Waals surface area contributed by atoms with Gasteiger partial charge < -0.3 is 13.9 Å². The molecule has 4 nitrogen and oxygen atoms in total. The van der Waals surface area contributed by atoms with Crippen LogP contribution in [-0.2, 0) is 13.6 Å². The first-order valence-corrected chi connectivity index (χ1v) is 13.1. The van der Waals surface area contributed by atoms with Crippen LogP contribution >= 0.6 is 18.2 Å². The van der Waals surface area contributed by atoms with Gasteiger partial charge in [-0.1, -0.05) is 33.1 Å². The lowest BCUT2D eigenvalue weighted by molar-refractivity contribution is 0.0693. The van der Waals surface area contributed by atoms with Gasteiger partial charge in [0.25, 0.3) is 0 Å². The summed E-state index contributed by atoms with van der Waals surface area (Å²) in [4.78, 5) is 2.67. The highest BCUT2D eigenvalue weighted by atomic mass is 32.7. The van der Waals surface area contributed by atoms with Crippen molar-refractivity contribution in [1.29, 1.82) is 0 Å². The summed E-state index contributed by atoms with van der Waals surface area (Å²) in [6, 6.07) is 0.694. The molecule has 0 saturated carbocycles. The molecule has 6 heteroatoms. The van der Waals surface area contributed by atoms with Gasteiger partial charge in [0.15, 0.2) is 0 Å². The fourth-order valence-corrected chi connectivity index (χ4v) is 7.42. The van der Waals surface area contributed by atoms with E-state index in [1.54, 1.807) is 0 Å². The molecule has 0 N–H and O–H groups in total. The van der Waals surface area contributed by atoms with Crippen molar-refractivity contribution in [1.82, 2.24) is 4.90 Å². The predicted molar refractivity (Wildman–Crippen MR) is 104 cm³/mol. The van der Waals surface area contributed by atoms with E-state index in [4.69, 9.17) is 9.05 Å². The van der Waals surface area contributed by atoms with Gasteiger partial charge in [-0.25, -0.2) is 4.57 Å². The zero-order valence-corrected chi connectivity index (χ0v) is 17.3. The molecule has 2 saturated heterocycles. The van der Waals surface area contributed by atoms with Crippen molar-refractivity contribution < 1.29 is 13.6 Å². The minimum Gasteiger partial charge on any atom is -0.301 e. The summed E-state index contributed by atoms with van der Waals surface area (Å²) in [5, 5.41) is 0. The van der Waals surface area contributed by atoms with Crippen molar-refractivity contribution in [2.24, 2.45) is 5.92 Å². The van der Waals surface area contributed by atoms with Gasteiger partial charge in [0.2, 0.25) is 0 Å². The number of nitrogens with zero attached hydrogens (tertiary/aromatic N) is 1. The fraction of sp³-hybridized carbons (Fsp3) is 1.00. The Hall–Kier alpha value is 0.460. The molecular weight excluding hydrogens is 341 g/mol.